The molecule has 0 aliphatic rings. The van der Waals surface area contributed by atoms with E-state index in [9.17, 15) is 0 Å². The van der Waals surface area contributed by atoms with E-state index in [1.807, 2.05) is 42.6 Å². The third-order valence-electron chi connectivity index (χ3n) is 2.62. The summed E-state index contributed by atoms with van der Waals surface area (Å²) in [7, 11) is 0. The summed E-state index contributed by atoms with van der Waals surface area (Å²) in [6.45, 7) is 0. The van der Waals surface area contributed by atoms with Crippen molar-refractivity contribution in [2.75, 3.05) is 5.73 Å². The van der Waals surface area contributed by atoms with Gasteiger partial charge in [0.05, 0.1) is 6.20 Å². The number of rotatable bonds is 2. The molecular formula is C13H11N5. The Morgan fingerprint density at radius 3 is 2.56 bits per heavy atom. The summed E-state index contributed by atoms with van der Waals surface area (Å²) in [6.07, 6.45) is 5.34. The molecule has 5 nitrogen and oxygen atoms in total. The van der Waals surface area contributed by atoms with Gasteiger partial charge in [0.25, 0.3) is 0 Å². The molecule has 0 atom stereocenters. The van der Waals surface area contributed by atoms with E-state index in [4.69, 9.17) is 5.73 Å². The van der Waals surface area contributed by atoms with Crippen molar-refractivity contribution in [1.82, 2.24) is 20.0 Å². The molecule has 0 aliphatic heterocycles. The molecule has 0 amide bonds. The third-order valence-corrected chi connectivity index (χ3v) is 2.62. The predicted molar refractivity (Wildman–Crippen MR) is 69.0 cm³/mol. The van der Waals surface area contributed by atoms with Crippen LogP contribution in [0.2, 0.25) is 0 Å². The molecule has 2 heterocycles. The van der Waals surface area contributed by atoms with Gasteiger partial charge >= 0.3 is 0 Å². The number of hydrogen-bond acceptors (Lipinski definition) is 4. The Kier molecular flexibility index (Phi) is 2.49. The van der Waals surface area contributed by atoms with Crippen LogP contribution < -0.4 is 5.73 Å². The zero-order valence-electron chi connectivity index (χ0n) is 9.56. The topological polar surface area (TPSA) is 69.6 Å². The fraction of sp³-hybridized carbons (Fsp3) is 0. The second-order valence-electron chi connectivity index (χ2n) is 3.88. The number of anilines is 1. The number of nitrogen functional groups attached to an aromatic ring is 1. The number of nitrogens with two attached hydrogens (primary N) is 1. The highest BCUT2D eigenvalue weighted by molar-refractivity contribution is 5.64. The normalized spacial score (nSPS) is 10.4. The van der Waals surface area contributed by atoms with Crippen molar-refractivity contribution in [2.24, 2.45) is 0 Å². The zero-order valence-corrected chi connectivity index (χ0v) is 9.56. The average molecular weight is 237 g/mol. The Morgan fingerprint density at radius 2 is 1.83 bits per heavy atom. The van der Waals surface area contributed by atoms with Crippen molar-refractivity contribution in [1.29, 1.82) is 0 Å². The Labute approximate surface area is 104 Å². The minimum atomic E-state index is 0.694. The van der Waals surface area contributed by atoms with Crippen LogP contribution in [0, 0.1) is 0 Å². The summed E-state index contributed by atoms with van der Waals surface area (Å²) in [5.74, 6) is 0.694. The lowest BCUT2D eigenvalue weighted by Crippen LogP contribution is -1.97. The van der Waals surface area contributed by atoms with Gasteiger partial charge in [-0.2, -0.15) is 10.2 Å². The molecule has 1 aromatic carbocycles. The highest BCUT2D eigenvalue weighted by Crippen LogP contribution is 2.20. The first kappa shape index (κ1) is 10.5. The monoisotopic (exact) mass is 237 g/mol. The lowest BCUT2D eigenvalue weighted by molar-refractivity contribution is 0.814. The van der Waals surface area contributed by atoms with Crippen LogP contribution in [-0.4, -0.2) is 20.0 Å². The minimum absolute atomic E-state index is 0.694. The van der Waals surface area contributed by atoms with Gasteiger partial charge in [-0.3, -0.25) is 0 Å². The van der Waals surface area contributed by atoms with E-state index >= 15 is 0 Å². The molecule has 3 rings (SSSR count). The summed E-state index contributed by atoms with van der Waals surface area (Å²) in [5.41, 5.74) is 8.50. The van der Waals surface area contributed by atoms with Gasteiger partial charge in [-0.15, -0.1) is 5.10 Å². The van der Waals surface area contributed by atoms with Crippen molar-refractivity contribution in [3.8, 4) is 16.9 Å². The molecule has 5 heteroatoms. The molecule has 88 valence electrons. The number of hydrogen-bond donors (Lipinski definition) is 1. The second-order valence-corrected chi connectivity index (χ2v) is 3.88. The summed E-state index contributed by atoms with van der Waals surface area (Å²) in [4.78, 5) is 0. The first-order valence-electron chi connectivity index (χ1n) is 5.51. The Balaban J connectivity index is 1.97. The molecule has 0 radical (unpaired) electrons. The highest BCUT2D eigenvalue weighted by Gasteiger charge is 2.03. The molecule has 0 fully saturated rings. The first-order chi connectivity index (χ1) is 8.83. The van der Waals surface area contributed by atoms with Crippen molar-refractivity contribution >= 4 is 5.69 Å². The molecule has 0 aliphatic carbocycles. The largest absolute Gasteiger partial charge is 0.399 e. The fourth-order valence-electron chi connectivity index (χ4n) is 1.69. The number of aromatic nitrogens is 4. The SMILES string of the molecule is Nc1ccc(-c2cnn(-c3cccnn3)c2)cc1. The van der Waals surface area contributed by atoms with Crippen molar-refractivity contribution < 1.29 is 0 Å². The molecule has 2 N–H and O–H groups in total. The van der Waals surface area contributed by atoms with Crippen LogP contribution >= 0.6 is 0 Å². The van der Waals surface area contributed by atoms with E-state index in [0.717, 1.165) is 16.8 Å². The summed E-state index contributed by atoms with van der Waals surface area (Å²) in [5, 5.41) is 12.1. The highest BCUT2D eigenvalue weighted by atomic mass is 15.3. The molecular weight excluding hydrogens is 226 g/mol. The lowest BCUT2D eigenvalue weighted by Gasteiger charge is -1.98. The quantitative estimate of drug-likeness (QED) is 0.691. The molecule has 0 spiro atoms. The van der Waals surface area contributed by atoms with Gasteiger partial charge in [0.1, 0.15) is 0 Å². The van der Waals surface area contributed by atoms with E-state index in [1.165, 1.54) is 0 Å². The van der Waals surface area contributed by atoms with Gasteiger partial charge in [-0.1, -0.05) is 12.1 Å². The van der Waals surface area contributed by atoms with Crippen LogP contribution in [0.1, 0.15) is 0 Å². The summed E-state index contributed by atoms with van der Waals surface area (Å²) >= 11 is 0. The molecule has 2 aromatic heterocycles. The molecule has 0 saturated heterocycles. The summed E-state index contributed by atoms with van der Waals surface area (Å²) in [6, 6.07) is 11.4. The maximum atomic E-state index is 5.66. The first-order valence-corrected chi connectivity index (χ1v) is 5.51. The van der Waals surface area contributed by atoms with Crippen LogP contribution in [0.25, 0.3) is 16.9 Å². The lowest BCUT2D eigenvalue weighted by atomic mass is 10.1. The van der Waals surface area contributed by atoms with E-state index in [2.05, 4.69) is 15.3 Å². The summed E-state index contributed by atoms with van der Waals surface area (Å²) < 4.78 is 1.69. The standard InChI is InChI=1S/C13H11N5/c14-12-5-3-10(4-6-12)11-8-16-18(9-11)13-2-1-7-15-17-13/h1-9H,14H2. The number of nitrogens with zero attached hydrogens (tertiary/aromatic N) is 4. The smallest absolute Gasteiger partial charge is 0.175 e. The third kappa shape index (κ3) is 1.93. The minimum Gasteiger partial charge on any atom is -0.399 e. The van der Waals surface area contributed by atoms with Gasteiger partial charge in [-0.05, 0) is 29.8 Å². The second kappa shape index (κ2) is 4.29. The van der Waals surface area contributed by atoms with E-state index in [0.29, 0.717) is 5.82 Å². The molecule has 0 saturated carbocycles. The Hall–Kier alpha value is -2.69. The van der Waals surface area contributed by atoms with Gasteiger partial charge in [-0.25, -0.2) is 4.68 Å². The van der Waals surface area contributed by atoms with Crippen LogP contribution in [0.4, 0.5) is 5.69 Å². The van der Waals surface area contributed by atoms with E-state index in [-0.39, 0.29) is 0 Å². The van der Waals surface area contributed by atoms with Crippen LogP contribution in [0.5, 0.6) is 0 Å². The van der Waals surface area contributed by atoms with Crippen molar-refractivity contribution in [3.63, 3.8) is 0 Å². The average Bonchev–Trinajstić information content (AvgIpc) is 2.90. The van der Waals surface area contributed by atoms with Gasteiger partial charge in [0.2, 0.25) is 0 Å². The maximum Gasteiger partial charge on any atom is 0.175 e. The zero-order chi connectivity index (χ0) is 12.4. The number of benzene rings is 1. The molecule has 0 bridgehead atoms. The van der Waals surface area contributed by atoms with Crippen LogP contribution in [-0.2, 0) is 0 Å². The van der Waals surface area contributed by atoms with E-state index < -0.39 is 0 Å². The van der Waals surface area contributed by atoms with Crippen LogP contribution in [0.3, 0.4) is 0 Å². The molecule has 0 unspecified atom stereocenters. The van der Waals surface area contributed by atoms with E-state index in [1.54, 1.807) is 17.1 Å². The molecule has 18 heavy (non-hydrogen) atoms. The Bertz CT molecular complexity index is 643. The van der Waals surface area contributed by atoms with Gasteiger partial charge in [0.15, 0.2) is 5.82 Å². The molecule has 3 aromatic rings. The van der Waals surface area contributed by atoms with Crippen molar-refractivity contribution in [3.05, 3.63) is 55.0 Å². The van der Waals surface area contributed by atoms with Crippen molar-refractivity contribution in [2.45, 2.75) is 0 Å². The van der Waals surface area contributed by atoms with Gasteiger partial charge < -0.3 is 5.73 Å². The Morgan fingerprint density at radius 1 is 1.00 bits per heavy atom. The fourth-order valence-corrected chi connectivity index (χ4v) is 1.69. The van der Waals surface area contributed by atoms with Gasteiger partial charge in [0, 0.05) is 23.6 Å². The maximum absolute atomic E-state index is 5.66. The van der Waals surface area contributed by atoms with Crippen LogP contribution in [0.15, 0.2) is 55.0 Å². The predicted octanol–water partition coefficient (Wildman–Crippen LogP) is 1.91.